The zero-order valence-corrected chi connectivity index (χ0v) is 16.9. The molecule has 0 aliphatic carbocycles. The molecule has 0 aromatic carbocycles. The molecule has 0 atom stereocenters. The number of alkyl halides is 15. The van der Waals surface area contributed by atoms with Gasteiger partial charge in [0.2, 0.25) is 0 Å². The average molecular weight is 565 g/mol. The van der Waals surface area contributed by atoms with Gasteiger partial charge < -0.3 is 9.30 Å². The number of nitrogens with zero attached hydrogens (tertiary/aromatic N) is 2. The smallest absolute Gasteiger partial charge is 0.460 e. The number of hydroxylamine groups is 2. The topological polar surface area (TPSA) is 71.4 Å². The van der Waals surface area contributed by atoms with Crippen LogP contribution in [0.3, 0.4) is 0 Å². The number of ether oxygens (including phenoxy) is 1. The van der Waals surface area contributed by atoms with Crippen LogP contribution in [0.5, 0.6) is 0 Å². The molecule has 0 fully saturated rings. The Labute approximate surface area is 187 Å². The van der Waals surface area contributed by atoms with E-state index in [4.69, 9.17) is 0 Å². The van der Waals surface area contributed by atoms with Crippen LogP contribution in [0.25, 0.3) is 0 Å². The molecule has 0 saturated heterocycles. The van der Waals surface area contributed by atoms with Crippen molar-refractivity contribution in [3.63, 3.8) is 0 Å². The maximum Gasteiger partial charge on any atom is 0.460 e. The van der Waals surface area contributed by atoms with Gasteiger partial charge in [-0.25, -0.2) is 4.79 Å². The lowest BCUT2D eigenvalue weighted by atomic mass is 9.93. The molecule has 1 aromatic heterocycles. The first kappa shape index (κ1) is 31.2. The Morgan fingerprint density at radius 2 is 1.06 bits per heavy atom. The van der Waals surface area contributed by atoms with Crippen LogP contribution < -0.4 is 0 Å². The first-order valence-corrected chi connectivity index (χ1v) is 8.29. The van der Waals surface area contributed by atoms with Gasteiger partial charge in [-0.1, -0.05) is 5.21 Å². The highest BCUT2D eigenvalue weighted by Crippen LogP contribution is 2.62. The molecule has 0 unspecified atom stereocenters. The summed E-state index contributed by atoms with van der Waals surface area (Å²) in [6.07, 6.45) is -7.78. The van der Waals surface area contributed by atoms with Crippen molar-refractivity contribution in [3.8, 4) is 0 Å². The van der Waals surface area contributed by atoms with Gasteiger partial charge in [0, 0.05) is 7.05 Å². The van der Waals surface area contributed by atoms with Crippen molar-refractivity contribution in [2.45, 2.75) is 41.8 Å². The van der Waals surface area contributed by atoms with Gasteiger partial charge in [-0.3, -0.25) is 4.79 Å². The maximum absolute atomic E-state index is 13.9. The molecule has 0 aliphatic heterocycles. The molecule has 1 heterocycles. The molecule has 1 aromatic rings. The number of carbonyl (C=O) groups excluding carboxylic acids is 2. The van der Waals surface area contributed by atoms with Crippen LogP contribution in [0, 0.1) is 0 Å². The summed E-state index contributed by atoms with van der Waals surface area (Å²) in [6.45, 7) is 0. The largest absolute Gasteiger partial charge is 0.464 e. The lowest BCUT2D eigenvalue weighted by Gasteiger charge is -2.41. The van der Waals surface area contributed by atoms with Gasteiger partial charge in [-0.2, -0.15) is 65.9 Å². The molecule has 0 saturated carbocycles. The molecule has 0 bridgehead atoms. The van der Waals surface area contributed by atoms with Crippen molar-refractivity contribution in [2.75, 3.05) is 7.11 Å². The number of carbonyl (C=O) groups is 2. The minimum absolute atomic E-state index is 0.165. The number of rotatable bonds is 8. The molecule has 1 radical (unpaired) electrons. The van der Waals surface area contributed by atoms with Crippen LogP contribution in [0.1, 0.15) is 21.0 Å². The summed E-state index contributed by atoms with van der Waals surface area (Å²) in [7, 11) is 1.33. The van der Waals surface area contributed by atoms with Gasteiger partial charge >= 0.3 is 53.7 Å². The van der Waals surface area contributed by atoms with E-state index in [9.17, 15) is 80.7 Å². The van der Waals surface area contributed by atoms with E-state index in [1.807, 2.05) is 0 Å². The summed E-state index contributed by atoms with van der Waals surface area (Å²) < 4.78 is 202. The van der Waals surface area contributed by atoms with Gasteiger partial charge in [0.25, 0.3) is 0 Å². The molecule has 0 N–H and O–H groups in total. The van der Waals surface area contributed by atoms with Crippen molar-refractivity contribution in [1.82, 2.24) is 9.63 Å². The third kappa shape index (κ3) is 3.99. The molecule has 0 aliphatic rings. The predicted molar refractivity (Wildman–Crippen MR) is 79.3 cm³/mol. The zero-order chi connectivity index (χ0) is 29.1. The molecule has 21 heteroatoms. The summed E-state index contributed by atoms with van der Waals surface area (Å²) in [4.78, 5) is 23.2. The lowest BCUT2D eigenvalue weighted by Crippen LogP contribution is -2.74. The zero-order valence-electron chi connectivity index (χ0n) is 16.9. The Hall–Kier alpha value is -2.87. The summed E-state index contributed by atoms with van der Waals surface area (Å²) in [6, 6.07) is -6.72. The standard InChI is InChI=1S/C15H8F15N2O4/c1-31-5(3-4-6(31)8(34)36-2)7(33)32(35)15(29,30)13(24,25)11(20,21)9(16,17)10(18,19)12(22,23)14(26,27)28/h3-4H,1-2H3. The van der Waals surface area contributed by atoms with E-state index in [1.165, 1.54) is 0 Å². The minimum atomic E-state index is -8.61. The average Bonchev–Trinajstić information content (AvgIpc) is 3.11. The minimum Gasteiger partial charge on any atom is -0.464 e. The van der Waals surface area contributed by atoms with E-state index in [-0.39, 0.29) is 10.6 Å². The summed E-state index contributed by atoms with van der Waals surface area (Å²) in [5.41, 5.74) is -2.28. The second-order valence-corrected chi connectivity index (χ2v) is 6.66. The van der Waals surface area contributed by atoms with Gasteiger partial charge in [-0.05, 0) is 12.1 Å². The number of halogens is 15. The van der Waals surface area contributed by atoms with Crippen molar-refractivity contribution in [1.29, 1.82) is 0 Å². The molecule has 0 spiro atoms. The fourth-order valence-corrected chi connectivity index (χ4v) is 2.35. The van der Waals surface area contributed by atoms with Crippen LogP contribution in [-0.2, 0) is 17.0 Å². The quantitative estimate of drug-likeness (QED) is 0.194. The highest BCUT2D eigenvalue weighted by molar-refractivity contribution is 5.95. The van der Waals surface area contributed by atoms with Crippen LogP contribution in [-0.4, -0.2) is 70.5 Å². The third-order valence-corrected chi connectivity index (χ3v) is 4.49. The number of methoxy groups -OCH3 is 1. The second-order valence-electron chi connectivity index (χ2n) is 6.66. The van der Waals surface area contributed by atoms with Gasteiger partial charge in [0.05, 0.1) is 7.11 Å². The third-order valence-electron chi connectivity index (χ3n) is 4.49. The van der Waals surface area contributed by atoms with E-state index in [1.54, 1.807) is 0 Å². The van der Waals surface area contributed by atoms with Crippen molar-refractivity contribution < 1.29 is 85.4 Å². The molecule has 207 valence electrons. The number of aromatic nitrogens is 1. The monoisotopic (exact) mass is 565 g/mol. The van der Waals surface area contributed by atoms with Crippen molar-refractivity contribution in [2.24, 2.45) is 7.05 Å². The summed E-state index contributed by atoms with van der Waals surface area (Å²) in [5, 5.41) is 8.55. The molecule has 36 heavy (non-hydrogen) atoms. The summed E-state index contributed by atoms with van der Waals surface area (Å²) >= 11 is 0. The Balaban J connectivity index is 3.60. The van der Waals surface area contributed by atoms with Gasteiger partial charge in [-0.15, -0.1) is 5.06 Å². The normalized spacial score (nSPS) is 14.6. The first-order valence-electron chi connectivity index (χ1n) is 8.29. The molecular formula is C15H8F15N2O4. The highest BCUT2D eigenvalue weighted by atomic mass is 19.4. The van der Waals surface area contributed by atoms with Crippen LogP contribution in [0.4, 0.5) is 65.9 Å². The van der Waals surface area contributed by atoms with Gasteiger partial charge in [0.15, 0.2) is 0 Å². The van der Waals surface area contributed by atoms with Crippen molar-refractivity contribution >= 4 is 11.9 Å². The second kappa shape index (κ2) is 8.61. The first-order chi connectivity index (χ1) is 15.7. The maximum atomic E-state index is 13.9. The number of hydrogen-bond donors (Lipinski definition) is 0. The number of esters is 1. The Kier molecular flexibility index (Phi) is 7.45. The van der Waals surface area contributed by atoms with E-state index < -0.39 is 70.2 Å². The Morgan fingerprint density at radius 3 is 1.44 bits per heavy atom. The van der Waals surface area contributed by atoms with Crippen LogP contribution in [0.15, 0.2) is 12.1 Å². The van der Waals surface area contributed by atoms with Gasteiger partial charge in [0.1, 0.15) is 11.4 Å². The molecule has 1 rings (SSSR count). The van der Waals surface area contributed by atoms with Crippen LogP contribution in [0.2, 0.25) is 0 Å². The number of amides is 1. The molecule has 6 nitrogen and oxygen atoms in total. The van der Waals surface area contributed by atoms with E-state index in [2.05, 4.69) is 4.74 Å². The Bertz CT molecular complexity index is 1020. The lowest BCUT2D eigenvalue weighted by molar-refractivity contribution is -0.471. The predicted octanol–water partition coefficient (Wildman–Crippen LogP) is 4.93. The molecular weight excluding hydrogens is 557 g/mol. The van der Waals surface area contributed by atoms with E-state index in [0.717, 1.165) is 7.11 Å². The van der Waals surface area contributed by atoms with E-state index in [0.29, 0.717) is 13.1 Å². The highest BCUT2D eigenvalue weighted by Gasteiger charge is 2.94. The van der Waals surface area contributed by atoms with Crippen LogP contribution >= 0.6 is 0 Å². The number of hydrogen-bond acceptors (Lipinski definition) is 3. The SMILES string of the molecule is COC(=O)c1ccc(C(=O)N([O])C(F)(F)C(F)(F)C(F)(F)C(F)(F)C(F)(F)C(F)(F)C(F)(F)F)n1C. The summed E-state index contributed by atoms with van der Waals surface area (Å²) in [5.74, 6) is -46.4. The fourth-order valence-electron chi connectivity index (χ4n) is 2.35. The molecule has 1 amide bonds. The fraction of sp³-hybridized carbons (Fsp3) is 0.600. The Morgan fingerprint density at radius 1 is 0.694 bits per heavy atom. The van der Waals surface area contributed by atoms with Crippen molar-refractivity contribution in [3.05, 3.63) is 23.5 Å². The van der Waals surface area contributed by atoms with E-state index >= 15 is 0 Å².